The first-order valence-electron chi connectivity index (χ1n) is 12.4. The number of carbonyl (C=O) groups excluding carboxylic acids is 2. The van der Waals surface area contributed by atoms with Gasteiger partial charge in [0.2, 0.25) is 11.8 Å². The third kappa shape index (κ3) is 6.83. The molecule has 0 aliphatic carbocycles. The molecule has 7 nitrogen and oxygen atoms in total. The van der Waals surface area contributed by atoms with E-state index in [-0.39, 0.29) is 11.8 Å². The number of hydrogen-bond donors (Lipinski definition) is 2. The van der Waals surface area contributed by atoms with Crippen LogP contribution in [0.1, 0.15) is 25.8 Å². The molecule has 1 unspecified atom stereocenters. The van der Waals surface area contributed by atoms with E-state index < -0.39 is 5.25 Å². The minimum Gasteiger partial charge on any atom is -0.497 e. The van der Waals surface area contributed by atoms with Crippen LogP contribution in [0.4, 0.5) is 11.4 Å². The van der Waals surface area contributed by atoms with E-state index in [1.54, 1.807) is 31.4 Å². The highest BCUT2D eigenvalue weighted by molar-refractivity contribution is 8.00. The normalized spacial score (nSPS) is 11.2. The van der Waals surface area contributed by atoms with E-state index in [2.05, 4.69) is 16.7 Å². The standard InChI is InChI=1S/C31H28N4O3S/c1-4-29(30(37)34-24-14-12-23(13-15-24)33-20(2)36)39-31-27(19-32)26(21-10-16-25(38-3)17-11-21)18-28(35-31)22-8-6-5-7-9-22/h5-18,29H,4H2,1-3H3,(H,33,36)(H,34,37). The molecule has 1 heterocycles. The summed E-state index contributed by atoms with van der Waals surface area (Å²) < 4.78 is 5.30. The summed E-state index contributed by atoms with van der Waals surface area (Å²) in [5, 5.41) is 15.9. The zero-order valence-corrected chi connectivity index (χ0v) is 22.7. The van der Waals surface area contributed by atoms with E-state index in [1.165, 1.54) is 18.7 Å². The highest BCUT2D eigenvalue weighted by Crippen LogP contribution is 2.37. The lowest BCUT2D eigenvalue weighted by molar-refractivity contribution is -0.116. The number of nitriles is 1. The Morgan fingerprint density at radius 2 is 1.59 bits per heavy atom. The van der Waals surface area contributed by atoms with Gasteiger partial charge in [0, 0.05) is 29.4 Å². The number of ether oxygens (including phenoxy) is 1. The summed E-state index contributed by atoms with van der Waals surface area (Å²) in [5.74, 6) is 0.357. The largest absolute Gasteiger partial charge is 0.497 e. The van der Waals surface area contributed by atoms with Gasteiger partial charge in [-0.1, -0.05) is 61.2 Å². The van der Waals surface area contributed by atoms with Gasteiger partial charge in [-0.15, -0.1) is 0 Å². The van der Waals surface area contributed by atoms with Crippen LogP contribution in [0.3, 0.4) is 0 Å². The molecule has 2 amide bonds. The summed E-state index contributed by atoms with van der Waals surface area (Å²) in [5.41, 5.74) is 4.89. The molecule has 4 aromatic rings. The molecule has 0 aliphatic heterocycles. The lowest BCUT2D eigenvalue weighted by atomic mass is 9.99. The molecule has 1 atom stereocenters. The number of rotatable bonds is 9. The Morgan fingerprint density at radius 1 is 0.949 bits per heavy atom. The van der Waals surface area contributed by atoms with Crippen LogP contribution < -0.4 is 15.4 Å². The van der Waals surface area contributed by atoms with Gasteiger partial charge >= 0.3 is 0 Å². The Hall–Kier alpha value is -4.61. The zero-order chi connectivity index (χ0) is 27.8. The average Bonchev–Trinajstić information content (AvgIpc) is 2.96. The fraction of sp³-hybridized carbons (Fsp3) is 0.161. The van der Waals surface area contributed by atoms with Gasteiger partial charge in [0.05, 0.1) is 23.6 Å². The number of benzene rings is 3. The van der Waals surface area contributed by atoms with Crippen LogP contribution in [-0.2, 0) is 9.59 Å². The number of carbonyl (C=O) groups is 2. The van der Waals surface area contributed by atoms with Crippen molar-refractivity contribution in [1.29, 1.82) is 5.26 Å². The lowest BCUT2D eigenvalue weighted by Gasteiger charge is -2.18. The summed E-state index contributed by atoms with van der Waals surface area (Å²) in [6.07, 6.45) is 0.528. The maximum Gasteiger partial charge on any atom is 0.237 e. The van der Waals surface area contributed by atoms with Gasteiger partial charge in [-0.2, -0.15) is 5.26 Å². The van der Waals surface area contributed by atoms with Crippen molar-refractivity contribution in [1.82, 2.24) is 4.98 Å². The highest BCUT2D eigenvalue weighted by Gasteiger charge is 2.23. The topological polar surface area (TPSA) is 104 Å². The fourth-order valence-corrected chi connectivity index (χ4v) is 5.02. The maximum atomic E-state index is 13.3. The molecular weight excluding hydrogens is 508 g/mol. The van der Waals surface area contributed by atoms with Crippen molar-refractivity contribution >= 4 is 35.0 Å². The molecule has 0 saturated heterocycles. The molecule has 0 fully saturated rings. The second-order valence-electron chi connectivity index (χ2n) is 8.70. The van der Waals surface area contributed by atoms with Gasteiger partial charge in [0.15, 0.2) is 0 Å². The number of anilines is 2. The molecule has 0 aliphatic rings. The van der Waals surface area contributed by atoms with Crippen molar-refractivity contribution in [3.05, 3.63) is 90.5 Å². The fourth-order valence-electron chi connectivity index (χ4n) is 3.99. The summed E-state index contributed by atoms with van der Waals surface area (Å²) >= 11 is 1.28. The molecule has 2 N–H and O–H groups in total. The molecule has 196 valence electrons. The van der Waals surface area contributed by atoms with Crippen LogP contribution in [-0.4, -0.2) is 29.2 Å². The molecule has 1 aromatic heterocycles. The summed E-state index contributed by atoms with van der Waals surface area (Å²) in [7, 11) is 1.61. The third-order valence-corrected chi connectivity index (χ3v) is 7.31. The number of amides is 2. The summed E-state index contributed by atoms with van der Waals surface area (Å²) in [6.45, 7) is 3.36. The minimum atomic E-state index is -0.491. The van der Waals surface area contributed by atoms with Crippen molar-refractivity contribution in [3.8, 4) is 34.2 Å². The van der Waals surface area contributed by atoms with E-state index in [0.717, 1.165) is 22.4 Å². The monoisotopic (exact) mass is 536 g/mol. The van der Waals surface area contributed by atoms with Gasteiger partial charge in [0.25, 0.3) is 0 Å². The first-order valence-corrected chi connectivity index (χ1v) is 13.3. The molecule has 0 spiro atoms. The predicted molar refractivity (Wildman–Crippen MR) is 156 cm³/mol. The molecule has 3 aromatic carbocycles. The smallest absolute Gasteiger partial charge is 0.237 e. The molecule has 39 heavy (non-hydrogen) atoms. The number of hydrogen-bond acceptors (Lipinski definition) is 6. The van der Waals surface area contributed by atoms with Gasteiger partial charge in [0.1, 0.15) is 16.8 Å². The van der Waals surface area contributed by atoms with Gasteiger partial charge in [-0.3, -0.25) is 9.59 Å². The number of pyridine rings is 1. The SMILES string of the molecule is CCC(Sc1nc(-c2ccccc2)cc(-c2ccc(OC)cc2)c1C#N)C(=O)Nc1ccc(NC(C)=O)cc1. The van der Waals surface area contributed by atoms with Crippen molar-refractivity contribution < 1.29 is 14.3 Å². The summed E-state index contributed by atoms with van der Waals surface area (Å²) in [4.78, 5) is 29.4. The van der Waals surface area contributed by atoms with Crippen LogP contribution in [0.25, 0.3) is 22.4 Å². The van der Waals surface area contributed by atoms with Crippen LogP contribution in [0, 0.1) is 11.3 Å². The number of nitrogens with zero attached hydrogens (tertiary/aromatic N) is 2. The van der Waals surface area contributed by atoms with E-state index in [0.29, 0.717) is 34.1 Å². The van der Waals surface area contributed by atoms with Crippen LogP contribution in [0.15, 0.2) is 90.0 Å². The zero-order valence-electron chi connectivity index (χ0n) is 21.9. The molecule has 0 bridgehead atoms. The van der Waals surface area contributed by atoms with Crippen LogP contribution in [0.2, 0.25) is 0 Å². The molecule has 0 saturated carbocycles. The number of nitrogens with one attached hydrogen (secondary N) is 2. The van der Waals surface area contributed by atoms with Crippen molar-refractivity contribution in [2.24, 2.45) is 0 Å². The van der Waals surface area contributed by atoms with Gasteiger partial charge in [-0.25, -0.2) is 4.98 Å². The Bertz CT molecular complexity index is 1500. The maximum absolute atomic E-state index is 13.3. The van der Waals surface area contributed by atoms with Crippen molar-refractivity contribution in [2.45, 2.75) is 30.5 Å². The van der Waals surface area contributed by atoms with Crippen molar-refractivity contribution in [3.63, 3.8) is 0 Å². The number of thioether (sulfide) groups is 1. The second-order valence-corrected chi connectivity index (χ2v) is 9.90. The van der Waals surface area contributed by atoms with E-state index in [1.807, 2.05) is 67.6 Å². The summed E-state index contributed by atoms with van der Waals surface area (Å²) in [6, 6.07) is 28.4. The van der Waals surface area contributed by atoms with Crippen molar-refractivity contribution in [2.75, 3.05) is 17.7 Å². The minimum absolute atomic E-state index is 0.165. The first-order chi connectivity index (χ1) is 18.9. The van der Waals surface area contributed by atoms with E-state index in [4.69, 9.17) is 9.72 Å². The molecular formula is C31H28N4O3S. The molecule has 4 rings (SSSR count). The highest BCUT2D eigenvalue weighted by atomic mass is 32.2. The van der Waals surface area contributed by atoms with Gasteiger partial charge < -0.3 is 15.4 Å². The Labute approximate surface area is 232 Å². The first kappa shape index (κ1) is 27.4. The number of methoxy groups -OCH3 is 1. The lowest BCUT2D eigenvalue weighted by Crippen LogP contribution is -2.25. The molecule has 0 radical (unpaired) electrons. The number of aromatic nitrogens is 1. The Balaban J connectivity index is 1.68. The molecule has 8 heteroatoms. The quantitative estimate of drug-likeness (QED) is 0.229. The average molecular weight is 537 g/mol. The van der Waals surface area contributed by atoms with E-state index in [9.17, 15) is 14.9 Å². The van der Waals surface area contributed by atoms with E-state index >= 15 is 0 Å². The predicted octanol–water partition coefficient (Wildman–Crippen LogP) is 6.76. The van der Waals surface area contributed by atoms with Crippen LogP contribution >= 0.6 is 11.8 Å². The van der Waals surface area contributed by atoms with Gasteiger partial charge in [-0.05, 0) is 54.4 Å². The Kier molecular flexibility index (Phi) is 8.97. The third-order valence-electron chi connectivity index (χ3n) is 5.96. The second kappa shape index (κ2) is 12.8. The Morgan fingerprint density at radius 3 is 2.15 bits per heavy atom. The van der Waals surface area contributed by atoms with Crippen LogP contribution in [0.5, 0.6) is 5.75 Å².